The number of rotatable bonds is 5. The largest absolute Gasteiger partial charge is 0.338 e. The SMILES string of the molecule is Cc1cc(NC(=O)[C@H](C)N[C@H](C)c2ccc(Cl)cc2)on1. The standard InChI is InChI=1S/C15H18ClN3O2/c1-9-8-14(21-19-9)18-15(20)11(3)17-10(2)12-4-6-13(16)7-5-12/h4-8,10-11,17H,1-3H3,(H,18,20)/t10-,11+/m1/s1. The number of aryl methyl sites for hydroxylation is 1. The molecule has 0 aliphatic rings. The minimum absolute atomic E-state index is 0.0273. The molecule has 1 amide bonds. The van der Waals surface area contributed by atoms with Crippen LogP contribution in [-0.2, 0) is 4.79 Å². The zero-order valence-corrected chi connectivity index (χ0v) is 12.9. The van der Waals surface area contributed by atoms with Crippen LogP contribution in [0, 0.1) is 6.92 Å². The molecule has 112 valence electrons. The maximum atomic E-state index is 12.1. The van der Waals surface area contributed by atoms with E-state index < -0.39 is 0 Å². The van der Waals surface area contributed by atoms with Gasteiger partial charge in [0, 0.05) is 17.1 Å². The molecule has 2 atom stereocenters. The molecule has 2 aromatic rings. The molecule has 1 heterocycles. The van der Waals surface area contributed by atoms with Gasteiger partial charge in [-0.1, -0.05) is 28.9 Å². The lowest BCUT2D eigenvalue weighted by atomic mass is 10.1. The molecule has 1 aromatic carbocycles. The number of nitrogens with zero attached hydrogens (tertiary/aromatic N) is 1. The maximum Gasteiger partial charge on any atom is 0.243 e. The lowest BCUT2D eigenvalue weighted by molar-refractivity contribution is -0.118. The smallest absolute Gasteiger partial charge is 0.243 e. The van der Waals surface area contributed by atoms with Gasteiger partial charge in [0.2, 0.25) is 11.8 Å². The van der Waals surface area contributed by atoms with E-state index in [4.69, 9.17) is 16.1 Å². The Bertz CT molecular complexity index is 610. The van der Waals surface area contributed by atoms with Gasteiger partial charge in [0.1, 0.15) is 0 Å². The molecular weight excluding hydrogens is 290 g/mol. The van der Waals surface area contributed by atoms with Crippen molar-refractivity contribution in [3.63, 3.8) is 0 Å². The second kappa shape index (κ2) is 6.74. The van der Waals surface area contributed by atoms with Crippen molar-refractivity contribution in [2.24, 2.45) is 0 Å². The van der Waals surface area contributed by atoms with Crippen LogP contribution in [0.25, 0.3) is 0 Å². The zero-order valence-electron chi connectivity index (χ0n) is 12.2. The van der Waals surface area contributed by atoms with Gasteiger partial charge in [-0.15, -0.1) is 0 Å². The molecule has 2 rings (SSSR count). The van der Waals surface area contributed by atoms with Gasteiger partial charge in [-0.05, 0) is 38.5 Å². The van der Waals surface area contributed by atoms with Crippen molar-refractivity contribution < 1.29 is 9.32 Å². The average molecular weight is 308 g/mol. The molecule has 21 heavy (non-hydrogen) atoms. The van der Waals surface area contributed by atoms with Crippen molar-refractivity contribution in [3.8, 4) is 0 Å². The molecule has 0 spiro atoms. The van der Waals surface area contributed by atoms with Gasteiger partial charge in [-0.2, -0.15) is 0 Å². The highest BCUT2D eigenvalue weighted by atomic mass is 35.5. The fourth-order valence-electron chi connectivity index (χ4n) is 1.95. The molecule has 0 unspecified atom stereocenters. The second-order valence-electron chi connectivity index (χ2n) is 4.98. The Kier molecular flexibility index (Phi) is 4.98. The lowest BCUT2D eigenvalue weighted by Crippen LogP contribution is -2.39. The van der Waals surface area contributed by atoms with Crippen molar-refractivity contribution in [1.29, 1.82) is 0 Å². The fourth-order valence-corrected chi connectivity index (χ4v) is 2.08. The van der Waals surface area contributed by atoms with E-state index in [2.05, 4.69) is 15.8 Å². The quantitative estimate of drug-likeness (QED) is 0.889. The summed E-state index contributed by atoms with van der Waals surface area (Å²) in [7, 11) is 0. The van der Waals surface area contributed by atoms with Gasteiger partial charge in [0.05, 0.1) is 11.7 Å². The van der Waals surface area contributed by atoms with Gasteiger partial charge >= 0.3 is 0 Å². The number of carbonyl (C=O) groups excluding carboxylic acids is 1. The molecule has 0 aliphatic heterocycles. The Morgan fingerprint density at radius 2 is 1.95 bits per heavy atom. The predicted molar refractivity (Wildman–Crippen MR) is 82.3 cm³/mol. The lowest BCUT2D eigenvalue weighted by Gasteiger charge is -2.19. The minimum Gasteiger partial charge on any atom is -0.338 e. The highest BCUT2D eigenvalue weighted by Crippen LogP contribution is 2.17. The molecule has 0 bridgehead atoms. The van der Waals surface area contributed by atoms with E-state index in [0.29, 0.717) is 10.9 Å². The van der Waals surface area contributed by atoms with E-state index in [1.54, 1.807) is 19.9 Å². The predicted octanol–water partition coefficient (Wildman–Crippen LogP) is 3.31. The van der Waals surface area contributed by atoms with Crippen LogP contribution in [0.3, 0.4) is 0 Å². The summed E-state index contributed by atoms with van der Waals surface area (Å²) >= 11 is 5.86. The van der Waals surface area contributed by atoms with Crippen LogP contribution in [-0.4, -0.2) is 17.1 Å². The number of anilines is 1. The molecule has 0 saturated carbocycles. The zero-order chi connectivity index (χ0) is 15.4. The summed E-state index contributed by atoms with van der Waals surface area (Å²) in [5.41, 5.74) is 1.79. The number of nitrogens with one attached hydrogen (secondary N) is 2. The van der Waals surface area contributed by atoms with E-state index in [9.17, 15) is 4.79 Å². The third-order valence-electron chi connectivity index (χ3n) is 3.14. The fraction of sp³-hybridized carbons (Fsp3) is 0.333. The van der Waals surface area contributed by atoms with E-state index >= 15 is 0 Å². The summed E-state index contributed by atoms with van der Waals surface area (Å²) < 4.78 is 4.96. The van der Waals surface area contributed by atoms with Crippen LogP contribution in [0.4, 0.5) is 5.88 Å². The Labute approximate surface area is 128 Å². The Hall–Kier alpha value is -1.85. The highest BCUT2D eigenvalue weighted by molar-refractivity contribution is 6.30. The molecule has 0 saturated heterocycles. The summed E-state index contributed by atoms with van der Waals surface area (Å²) in [4.78, 5) is 12.1. The molecule has 1 aromatic heterocycles. The maximum absolute atomic E-state index is 12.1. The van der Waals surface area contributed by atoms with Crippen molar-refractivity contribution in [2.75, 3.05) is 5.32 Å². The van der Waals surface area contributed by atoms with Crippen LogP contribution in [0.5, 0.6) is 0 Å². The van der Waals surface area contributed by atoms with E-state index in [0.717, 1.165) is 11.3 Å². The van der Waals surface area contributed by atoms with Crippen LogP contribution in [0.15, 0.2) is 34.9 Å². The van der Waals surface area contributed by atoms with Crippen LogP contribution in [0.2, 0.25) is 5.02 Å². The number of halogens is 1. The first-order chi connectivity index (χ1) is 9.95. The first-order valence-electron chi connectivity index (χ1n) is 6.71. The van der Waals surface area contributed by atoms with Gasteiger partial charge in [0.15, 0.2) is 0 Å². The summed E-state index contributed by atoms with van der Waals surface area (Å²) in [6.45, 7) is 5.58. The van der Waals surface area contributed by atoms with Crippen molar-refractivity contribution in [3.05, 3.63) is 46.6 Å². The van der Waals surface area contributed by atoms with Crippen molar-refractivity contribution in [2.45, 2.75) is 32.9 Å². The molecule has 0 aliphatic carbocycles. The highest BCUT2D eigenvalue weighted by Gasteiger charge is 2.17. The Balaban J connectivity index is 1.92. The number of carbonyl (C=O) groups is 1. The van der Waals surface area contributed by atoms with Crippen LogP contribution in [0.1, 0.15) is 31.1 Å². The number of hydrogen-bond acceptors (Lipinski definition) is 4. The summed E-state index contributed by atoms with van der Waals surface area (Å²) in [6, 6.07) is 8.86. The molecular formula is C15H18ClN3O2. The number of benzene rings is 1. The molecule has 5 nitrogen and oxygen atoms in total. The third-order valence-corrected chi connectivity index (χ3v) is 3.39. The minimum atomic E-state index is -0.374. The molecule has 0 fully saturated rings. The first-order valence-corrected chi connectivity index (χ1v) is 7.09. The van der Waals surface area contributed by atoms with E-state index in [-0.39, 0.29) is 18.0 Å². The Morgan fingerprint density at radius 3 is 2.52 bits per heavy atom. The number of amides is 1. The first kappa shape index (κ1) is 15.5. The third kappa shape index (κ3) is 4.31. The average Bonchev–Trinajstić information content (AvgIpc) is 2.84. The summed E-state index contributed by atoms with van der Waals surface area (Å²) in [5, 5.41) is 10.3. The van der Waals surface area contributed by atoms with Crippen molar-refractivity contribution >= 4 is 23.4 Å². The topological polar surface area (TPSA) is 67.2 Å². The molecule has 6 heteroatoms. The molecule has 0 radical (unpaired) electrons. The van der Waals surface area contributed by atoms with Gasteiger partial charge < -0.3 is 4.52 Å². The number of hydrogen-bond donors (Lipinski definition) is 2. The van der Waals surface area contributed by atoms with E-state index in [1.807, 2.05) is 31.2 Å². The second-order valence-corrected chi connectivity index (χ2v) is 5.42. The summed E-state index contributed by atoms with van der Waals surface area (Å²) in [5.74, 6) is 0.178. The Morgan fingerprint density at radius 1 is 1.29 bits per heavy atom. The van der Waals surface area contributed by atoms with Gasteiger partial charge in [0.25, 0.3) is 0 Å². The van der Waals surface area contributed by atoms with E-state index in [1.165, 1.54) is 0 Å². The van der Waals surface area contributed by atoms with Crippen LogP contribution >= 0.6 is 11.6 Å². The number of aromatic nitrogens is 1. The normalized spacial score (nSPS) is 13.7. The monoisotopic (exact) mass is 307 g/mol. The summed E-state index contributed by atoms with van der Waals surface area (Å²) in [6.07, 6.45) is 0. The molecule has 2 N–H and O–H groups in total. The van der Waals surface area contributed by atoms with Gasteiger partial charge in [-0.3, -0.25) is 15.4 Å². The van der Waals surface area contributed by atoms with Gasteiger partial charge in [-0.25, -0.2) is 0 Å². The van der Waals surface area contributed by atoms with Crippen LogP contribution < -0.4 is 10.6 Å². The van der Waals surface area contributed by atoms with Crippen molar-refractivity contribution in [1.82, 2.24) is 10.5 Å².